The molecule has 0 spiro atoms. The van der Waals surface area contributed by atoms with Gasteiger partial charge in [0.05, 0.1) is 20.6 Å². The summed E-state index contributed by atoms with van der Waals surface area (Å²) in [7, 11) is 0. The SMILES string of the molecule is O=C1S/C(=C/c2ccc(OCc3ccc(F)cc3)cc2)C(=O)N1c1ccc(Cl)c(Cl)c1. The van der Waals surface area contributed by atoms with E-state index in [0.717, 1.165) is 27.8 Å². The van der Waals surface area contributed by atoms with E-state index in [2.05, 4.69) is 0 Å². The first-order chi connectivity index (χ1) is 14.9. The fourth-order valence-corrected chi connectivity index (χ4v) is 4.01. The first kappa shape index (κ1) is 21.4. The average Bonchev–Trinajstić information content (AvgIpc) is 3.03. The van der Waals surface area contributed by atoms with E-state index in [1.165, 1.54) is 24.3 Å². The highest BCUT2D eigenvalue weighted by Gasteiger charge is 2.36. The monoisotopic (exact) mass is 473 g/mol. The molecule has 31 heavy (non-hydrogen) atoms. The zero-order chi connectivity index (χ0) is 22.0. The maximum absolute atomic E-state index is 13.0. The molecular formula is C23H14Cl2FNO3S. The minimum atomic E-state index is -0.426. The smallest absolute Gasteiger partial charge is 0.298 e. The molecule has 3 aromatic rings. The Labute approximate surface area is 192 Å². The number of amides is 2. The Morgan fingerprint density at radius 2 is 1.65 bits per heavy atom. The average molecular weight is 474 g/mol. The summed E-state index contributed by atoms with van der Waals surface area (Å²) in [6.07, 6.45) is 1.65. The van der Waals surface area contributed by atoms with Crippen molar-refractivity contribution in [3.05, 3.63) is 98.6 Å². The first-order valence-corrected chi connectivity index (χ1v) is 10.7. The Hall–Kier alpha value is -2.80. The molecule has 3 aromatic carbocycles. The van der Waals surface area contributed by atoms with Crippen molar-refractivity contribution in [3.63, 3.8) is 0 Å². The first-order valence-electron chi connectivity index (χ1n) is 9.11. The molecule has 4 nitrogen and oxygen atoms in total. The highest BCUT2D eigenvalue weighted by molar-refractivity contribution is 8.19. The minimum absolute atomic E-state index is 0.262. The third-order valence-electron chi connectivity index (χ3n) is 4.45. The predicted molar refractivity (Wildman–Crippen MR) is 122 cm³/mol. The number of thioether (sulfide) groups is 1. The Morgan fingerprint density at radius 3 is 2.32 bits per heavy atom. The molecule has 156 valence electrons. The molecule has 1 heterocycles. The van der Waals surface area contributed by atoms with Crippen molar-refractivity contribution < 1.29 is 18.7 Å². The molecule has 0 saturated carbocycles. The topological polar surface area (TPSA) is 46.6 Å². The molecule has 0 aliphatic carbocycles. The third-order valence-corrected chi connectivity index (χ3v) is 6.06. The molecule has 1 aliphatic heterocycles. The lowest BCUT2D eigenvalue weighted by molar-refractivity contribution is -0.113. The van der Waals surface area contributed by atoms with Gasteiger partial charge in [0.1, 0.15) is 18.2 Å². The fourth-order valence-electron chi connectivity index (χ4n) is 2.87. The Morgan fingerprint density at radius 1 is 0.935 bits per heavy atom. The van der Waals surface area contributed by atoms with Crippen LogP contribution in [-0.4, -0.2) is 11.1 Å². The van der Waals surface area contributed by atoms with Gasteiger partial charge in [0, 0.05) is 0 Å². The minimum Gasteiger partial charge on any atom is -0.489 e. The number of carbonyl (C=O) groups is 2. The fraction of sp³-hybridized carbons (Fsp3) is 0.0435. The van der Waals surface area contributed by atoms with E-state index in [9.17, 15) is 14.0 Å². The molecule has 8 heteroatoms. The van der Waals surface area contributed by atoms with Crippen LogP contribution in [0.1, 0.15) is 11.1 Å². The van der Waals surface area contributed by atoms with Crippen LogP contribution in [0.25, 0.3) is 6.08 Å². The van der Waals surface area contributed by atoms with E-state index >= 15 is 0 Å². The van der Waals surface area contributed by atoms with Crippen LogP contribution in [0, 0.1) is 5.82 Å². The van der Waals surface area contributed by atoms with Crippen LogP contribution in [0.4, 0.5) is 14.9 Å². The summed E-state index contributed by atoms with van der Waals surface area (Å²) in [6.45, 7) is 0.308. The van der Waals surface area contributed by atoms with Gasteiger partial charge < -0.3 is 4.74 Å². The summed E-state index contributed by atoms with van der Waals surface area (Å²) in [5, 5.41) is 0.196. The molecule has 0 N–H and O–H groups in total. The van der Waals surface area contributed by atoms with Gasteiger partial charge in [-0.05, 0) is 71.4 Å². The summed E-state index contributed by atoms with van der Waals surface area (Å²) in [5.41, 5.74) is 1.96. The number of nitrogens with zero attached hydrogens (tertiary/aromatic N) is 1. The summed E-state index contributed by atoms with van der Waals surface area (Å²) in [4.78, 5) is 26.5. The number of benzene rings is 3. The van der Waals surface area contributed by atoms with Gasteiger partial charge >= 0.3 is 0 Å². The number of ether oxygens (including phenoxy) is 1. The Kier molecular flexibility index (Phi) is 6.32. The van der Waals surface area contributed by atoms with Crippen molar-refractivity contribution >= 4 is 57.9 Å². The van der Waals surface area contributed by atoms with E-state index in [1.54, 1.807) is 48.5 Å². The lowest BCUT2D eigenvalue weighted by Gasteiger charge is -2.13. The van der Waals surface area contributed by atoms with E-state index in [1.807, 2.05) is 0 Å². The second kappa shape index (κ2) is 9.14. The Bertz CT molecular complexity index is 1180. The van der Waals surface area contributed by atoms with Gasteiger partial charge in [-0.15, -0.1) is 0 Å². The van der Waals surface area contributed by atoms with Crippen LogP contribution in [0.5, 0.6) is 5.75 Å². The molecule has 1 aliphatic rings. The van der Waals surface area contributed by atoms with Gasteiger partial charge in [-0.25, -0.2) is 9.29 Å². The van der Waals surface area contributed by atoms with Crippen LogP contribution in [0.3, 0.4) is 0 Å². The van der Waals surface area contributed by atoms with Crippen LogP contribution >= 0.6 is 35.0 Å². The number of halogens is 3. The number of carbonyl (C=O) groups excluding carboxylic acids is 2. The largest absolute Gasteiger partial charge is 0.489 e. The number of rotatable bonds is 5. The van der Waals surface area contributed by atoms with Crippen LogP contribution < -0.4 is 9.64 Å². The number of imide groups is 1. The second-order valence-electron chi connectivity index (χ2n) is 6.60. The van der Waals surface area contributed by atoms with Crippen LogP contribution in [-0.2, 0) is 11.4 Å². The third kappa shape index (κ3) is 4.93. The molecule has 0 radical (unpaired) electrons. The van der Waals surface area contributed by atoms with Gasteiger partial charge in [0.15, 0.2) is 0 Å². The zero-order valence-corrected chi connectivity index (χ0v) is 18.2. The molecule has 0 bridgehead atoms. The Balaban J connectivity index is 1.45. The lowest BCUT2D eigenvalue weighted by Crippen LogP contribution is -2.27. The van der Waals surface area contributed by atoms with Crippen LogP contribution in [0.15, 0.2) is 71.6 Å². The zero-order valence-electron chi connectivity index (χ0n) is 15.8. The molecule has 1 fully saturated rings. The molecular weight excluding hydrogens is 460 g/mol. The van der Waals surface area contributed by atoms with E-state index in [-0.39, 0.29) is 10.8 Å². The van der Waals surface area contributed by atoms with E-state index < -0.39 is 11.1 Å². The summed E-state index contributed by atoms with van der Waals surface area (Å²) >= 11 is 12.8. The normalized spacial score (nSPS) is 15.1. The highest BCUT2D eigenvalue weighted by atomic mass is 35.5. The molecule has 4 rings (SSSR count). The van der Waals surface area contributed by atoms with Crippen molar-refractivity contribution in [2.45, 2.75) is 6.61 Å². The summed E-state index contributed by atoms with van der Waals surface area (Å²) < 4.78 is 18.7. The van der Waals surface area contributed by atoms with Crippen molar-refractivity contribution in [1.29, 1.82) is 0 Å². The van der Waals surface area contributed by atoms with Crippen molar-refractivity contribution in [2.24, 2.45) is 0 Å². The molecule has 0 aromatic heterocycles. The van der Waals surface area contributed by atoms with Crippen molar-refractivity contribution in [2.75, 3.05) is 4.90 Å². The van der Waals surface area contributed by atoms with Gasteiger partial charge in [0.25, 0.3) is 11.1 Å². The second-order valence-corrected chi connectivity index (χ2v) is 8.41. The predicted octanol–water partition coefficient (Wildman–Crippen LogP) is 6.95. The van der Waals surface area contributed by atoms with Gasteiger partial charge in [-0.2, -0.15) is 0 Å². The molecule has 0 unspecified atom stereocenters. The van der Waals surface area contributed by atoms with Gasteiger partial charge in [-0.1, -0.05) is 47.5 Å². The van der Waals surface area contributed by atoms with Gasteiger partial charge in [0.2, 0.25) is 0 Å². The van der Waals surface area contributed by atoms with E-state index in [0.29, 0.717) is 28.0 Å². The molecule has 0 atom stereocenters. The number of hydrogen-bond acceptors (Lipinski definition) is 4. The number of hydrogen-bond donors (Lipinski definition) is 0. The molecule has 1 saturated heterocycles. The summed E-state index contributed by atoms with van der Waals surface area (Å²) in [5.74, 6) is -0.0907. The van der Waals surface area contributed by atoms with Gasteiger partial charge in [-0.3, -0.25) is 9.59 Å². The highest BCUT2D eigenvalue weighted by Crippen LogP contribution is 2.37. The maximum atomic E-state index is 13.0. The van der Waals surface area contributed by atoms with E-state index in [4.69, 9.17) is 27.9 Å². The maximum Gasteiger partial charge on any atom is 0.298 e. The number of anilines is 1. The molecule has 2 amide bonds. The summed E-state index contributed by atoms with van der Waals surface area (Å²) in [6, 6.07) is 17.8. The van der Waals surface area contributed by atoms with Crippen LogP contribution in [0.2, 0.25) is 10.0 Å². The standard InChI is InChI=1S/C23H14Cl2FNO3S/c24-19-10-7-17(12-20(19)25)27-22(28)21(31-23(27)29)11-14-3-8-18(9-4-14)30-13-15-1-5-16(26)6-2-15/h1-12H,13H2/b21-11+. The van der Waals surface area contributed by atoms with Crippen molar-refractivity contribution in [3.8, 4) is 5.75 Å². The quantitative estimate of drug-likeness (QED) is 0.376. The lowest BCUT2D eigenvalue weighted by atomic mass is 10.2. The van der Waals surface area contributed by atoms with Crippen molar-refractivity contribution in [1.82, 2.24) is 0 Å².